The minimum Gasteiger partial charge on any atom is -0.385 e. The lowest BCUT2D eigenvalue weighted by atomic mass is 9.82. The summed E-state index contributed by atoms with van der Waals surface area (Å²) in [6.45, 7) is 8.08. The molecule has 0 aliphatic heterocycles. The molecule has 1 N–H and O–H groups in total. The smallest absolute Gasteiger partial charge is 0.0476 e. The van der Waals surface area contributed by atoms with E-state index in [-0.39, 0.29) is 0 Å². The lowest BCUT2D eigenvalue weighted by molar-refractivity contribution is 0.100. The van der Waals surface area contributed by atoms with Crippen LogP contribution in [-0.4, -0.2) is 39.5 Å². The maximum atomic E-state index is 5.54. The van der Waals surface area contributed by atoms with E-state index in [1.54, 1.807) is 7.11 Å². The molecule has 1 fully saturated rings. The van der Waals surface area contributed by atoms with E-state index in [1.165, 1.54) is 32.1 Å². The fourth-order valence-corrected chi connectivity index (χ4v) is 2.86. The molecule has 1 aliphatic carbocycles. The first kappa shape index (κ1) is 15.9. The maximum absolute atomic E-state index is 5.54. The van der Waals surface area contributed by atoms with E-state index in [0.29, 0.717) is 11.5 Å². The molecule has 0 amide bonds. The van der Waals surface area contributed by atoms with Crippen LogP contribution < -0.4 is 5.32 Å². The van der Waals surface area contributed by atoms with Crippen molar-refractivity contribution in [1.29, 1.82) is 0 Å². The summed E-state index contributed by atoms with van der Waals surface area (Å²) in [6.07, 6.45) is 7.82. The number of methoxy groups -OCH3 is 1. The molecule has 1 atom stereocenters. The Bertz CT molecular complexity index is 203. The molecule has 0 saturated heterocycles. The van der Waals surface area contributed by atoms with Crippen LogP contribution in [0.25, 0.3) is 0 Å². The van der Waals surface area contributed by atoms with Crippen LogP contribution in [0, 0.1) is 5.41 Å². The minimum atomic E-state index is 0.497. The third-order valence-electron chi connectivity index (χ3n) is 4.23. The van der Waals surface area contributed by atoms with E-state index in [4.69, 9.17) is 9.47 Å². The summed E-state index contributed by atoms with van der Waals surface area (Å²) in [6, 6.07) is 0.550. The topological polar surface area (TPSA) is 30.5 Å². The highest BCUT2D eigenvalue weighted by molar-refractivity contribution is 4.87. The van der Waals surface area contributed by atoms with E-state index in [1.807, 2.05) is 0 Å². The van der Waals surface area contributed by atoms with Gasteiger partial charge < -0.3 is 14.8 Å². The zero-order valence-electron chi connectivity index (χ0n) is 12.5. The Balaban J connectivity index is 2.28. The fourth-order valence-electron chi connectivity index (χ4n) is 2.86. The Labute approximate surface area is 113 Å². The quantitative estimate of drug-likeness (QED) is 0.610. The van der Waals surface area contributed by atoms with Crippen LogP contribution in [-0.2, 0) is 9.47 Å². The molecule has 1 rings (SSSR count). The Morgan fingerprint density at radius 1 is 1.22 bits per heavy atom. The van der Waals surface area contributed by atoms with Gasteiger partial charge in [-0.3, -0.25) is 0 Å². The molecule has 0 radical (unpaired) electrons. The lowest BCUT2D eigenvalue weighted by Gasteiger charge is -2.31. The Morgan fingerprint density at radius 3 is 2.56 bits per heavy atom. The van der Waals surface area contributed by atoms with E-state index < -0.39 is 0 Å². The molecule has 0 heterocycles. The summed E-state index contributed by atoms with van der Waals surface area (Å²) in [5, 5.41) is 3.69. The van der Waals surface area contributed by atoms with Crippen molar-refractivity contribution in [1.82, 2.24) is 5.32 Å². The van der Waals surface area contributed by atoms with E-state index >= 15 is 0 Å². The first-order valence-corrected chi connectivity index (χ1v) is 7.52. The molecule has 1 unspecified atom stereocenters. The van der Waals surface area contributed by atoms with E-state index in [0.717, 1.165) is 32.8 Å². The van der Waals surface area contributed by atoms with Crippen molar-refractivity contribution in [2.75, 3.05) is 33.5 Å². The second-order valence-corrected chi connectivity index (χ2v) is 5.72. The highest BCUT2D eigenvalue weighted by atomic mass is 16.5. The largest absolute Gasteiger partial charge is 0.385 e. The molecule has 18 heavy (non-hydrogen) atoms. The average Bonchev–Trinajstić information content (AvgIpc) is 2.84. The van der Waals surface area contributed by atoms with Crippen LogP contribution in [0.2, 0.25) is 0 Å². The summed E-state index contributed by atoms with van der Waals surface area (Å²) < 4.78 is 10.7. The van der Waals surface area contributed by atoms with Gasteiger partial charge in [0.2, 0.25) is 0 Å². The number of rotatable bonds is 10. The van der Waals surface area contributed by atoms with Gasteiger partial charge in [0.25, 0.3) is 0 Å². The molecule has 0 bridgehead atoms. The highest BCUT2D eigenvalue weighted by Gasteiger charge is 2.33. The molecular weight excluding hydrogens is 226 g/mol. The maximum Gasteiger partial charge on any atom is 0.0476 e. The van der Waals surface area contributed by atoms with Crippen molar-refractivity contribution in [3.8, 4) is 0 Å². The SMILES string of the molecule is CCOCCC1(CNC(C)CCOC)CCCC1. The second-order valence-electron chi connectivity index (χ2n) is 5.72. The van der Waals surface area contributed by atoms with E-state index in [9.17, 15) is 0 Å². The number of hydrogen-bond donors (Lipinski definition) is 1. The summed E-state index contributed by atoms with van der Waals surface area (Å²) in [5.74, 6) is 0. The zero-order chi connectivity index (χ0) is 13.3. The van der Waals surface area contributed by atoms with Crippen molar-refractivity contribution in [3.63, 3.8) is 0 Å². The van der Waals surface area contributed by atoms with Gasteiger partial charge >= 0.3 is 0 Å². The molecule has 0 aromatic heterocycles. The third kappa shape index (κ3) is 5.68. The second kappa shape index (κ2) is 8.89. The summed E-state index contributed by atoms with van der Waals surface area (Å²) in [5.41, 5.74) is 0.497. The van der Waals surface area contributed by atoms with Gasteiger partial charge in [0.1, 0.15) is 0 Å². The monoisotopic (exact) mass is 257 g/mol. The molecule has 1 saturated carbocycles. The van der Waals surface area contributed by atoms with Crippen LogP contribution >= 0.6 is 0 Å². The van der Waals surface area contributed by atoms with Crippen LogP contribution in [0.1, 0.15) is 52.4 Å². The predicted octanol–water partition coefficient (Wildman–Crippen LogP) is 2.99. The molecule has 0 spiro atoms. The summed E-state index contributed by atoms with van der Waals surface area (Å²) in [7, 11) is 1.77. The molecule has 3 heteroatoms. The van der Waals surface area contributed by atoms with E-state index in [2.05, 4.69) is 19.2 Å². The summed E-state index contributed by atoms with van der Waals surface area (Å²) >= 11 is 0. The average molecular weight is 257 g/mol. The molecule has 0 aromatic carbocycles. The van der Waals surface area contributed by atoms with Crippen molar-refractivity contribution < 1.29 is 9.47 Å². The van der Waals surface area contributed by atoms with Crippen molar-refractivity contribution in [3.05, 3.63) is 0 Å². The molecular formula is C15H31NO2. The van der Waals surface area contributed by atoms with Gasteiger partial charge in [0, 0.05) is 39.5 Å². The normalized spacial score (nSPS) is 20.2. The standard InChI is InChI=1S/C15H31NO2/c1-4-18-12-10-15(8-5-6-9-15)13-16-14(2)7-11-17-3/h14,16H,4-13H2,1-3H3. The first-order valence-electron chi connectivity index (χ1n) is 7.52. The van der Waals surface area contributed by atoms with Gasteiger partial charge in [0.15, 0.2) is 0 Å². The fraction of sp³-hybridized carbons (Fsp3) is 1.00. The lowest BCUT2D eigenvalue weighted by Crippen LogP contribution is -2.38. The van der Waals surface area contributed by atoms with Gasteiger partial charge in [-0.1, -0.05) is 12.8 Å². The molecule has 0 aromatic rings. The Morgan fingerprint density at radius 2 is 1.94 bits per heavy atom. The minimum absolute atomic E-state index is 0.497. The van der Waals surface area contributed by atoms with Crippen molar-refractivity contribution in [2.45, 2.75) is 58.4 Å². The molecule has 108 valence electrons. The van der Waals surface area contributed by atoms with Crippen LogP contribution in [0.5, 0.6) is 0 Å². The highest BCUT2D eigenvalue weighted by Crippen LogP contribution is 2.40. The van der Waals surface area contributed by atoms with Gasteiger partial charge in [-0.15, -0.1) is 0 Å². The molecule has 3 nitrogen and oxygen atoms in total. The van der Waals surface area contributed by atoms with Crippen LogP contribution in [0.15, 0.2) is 0 Å². The van der Waals surface area contributed by atoms with Gasteiger partial charge in [-0.05, 0) is 44.9 Å². The van der Waals surface area contributed by atoms with Crippen molar-refractivity contribution in [2.24, 2.45) is 5.41 Å². The van der Waals surface area contributed by atoms with Crippen LogP contribution in [0.4, 0.5) is 0 Å². The zero-order valence-corrected chi connectivity index (χ0v) is 12.5. The Kier molecular flexibility index (Phi) is 7.87. The number of hydrogen-bond acceptors (Lipinski definition) is 3. The van der Waals surface area contributed by atoms with Crippen molar-refractivity contribution >= 4 is 0 Å². The van der Waals surface area contributed by atoms with Gasteiger partial charge in [-0.2, -0.15) is 0 Å². The molecule has 1 aliphatic rings. The number of ether oxygens (including phenoxy) is 2. The first-order chi connectivity index (χ1) is 8.72. The number of nitrogens with one attached hydrogen (secondary N) is 1. The predicted molar refractivity (Wildman–Crippen MR) is 76.0 cm³/mol. The van der Waals surface area contributed by atoms with Gasteiger partial charge in [-0.25, -0.2) is 0 Å². The third-order valence-corrected chi connectivity index (χ3v) is 4.23. The summed E-state index contributed by atoms with van der Waals surface area (Å²) in [4.78, 5) is 0. The van der Waals surface area contributed by atoms with Gasteiger partial charge in [0.05, 0.1) is 0 Å². The van der Waals surface area contributed by atoms with Crippen LogP contribution in [0.3, 0.4) is 0 Å². The Hall–Kier alpha value is -0.120.